The fourth-order valence-corrected chi connectivity index (χ4v) is 8.31. The molecule has 3 rings (SSSR count). The zero-order valence-corrected chi connectivity index (χ0v) is 15.7. The number of benzene rings is 1. The highest BCUT2D eigenvalue weighted by molar-refractivity contribution is 7.89. The lowest BCUT2D eigenvalue weighted by molar-refractivity contribution is 0.551. The minimum Gasteiger partial charge on any atom is -0.264 e. The summed E-state index contributed by atoms with van der Waals surface area (Å²) >= 11 is 0. The zero-order valence-electron chi connectivity index (χ0n) is 13.9. The van der Waals surface area contributed by atoms with Crippen LogP contribution in [0.1, 0.15) is 17.2 Å². The van der Waals surface area contributed by atoms with E-state index in [-0.39, 0.29) is 11.7 Å². The van der Waals surface area contributed by atoms with Crippen molar-refractivity contribution in [1.82, 2.24) is 9.29 Å². The summed E-state index contributed by atoms with van der Waals surface area (Å²) in [6, 6.07) is 10.8. The quantitative estimate of drug-likeness (QED) is 0.630. The number of hydrogen-bond acceptors (Lipinski definition) is 3. The van der Waals surface area contributed by atoms with Crippen LogP contribution >= 0.6 is 0 Å². The van der Waals surface area contributed by atoms with Crippen LogP contribution in [0, 0.1) is 6.92 Å². The third-order valence-electron chi connectivity index (χ3n) is 4.27. The first-order valence-corrected chi connectivity index (χ1v) is 12.7. The van der Waals surface area contributed by atoms with Crippen molar-refractivity contribution >= 4 is 18.1 Å². The molecule has 0 radical (unpaired) electrons. The highest BCUT2D eigenvalue weighted by Crippen LogP contribution is 2.51. The van der Waals surface area contributed by atoms with E-state index in [9.17, 15) is 8.42 Å². The molecule has 0 saturated carbocycles. The number of rotatable bonds is 4. The van der Waals surface area contributed by atoms with Crippen LogP contribution in [-0.4, -0.2) is 31.4 Å². The van der Waals surface area contributed by atoms with Gasteiger partial charge in [-0.3, -0.25) is 4.98 Å². The molecule has 2 heterocycles. The van der Waals surface area contributed by atoms with Crippen LogP contribution in [0.2, 0.25) is 19.6 Å². The number of hydrogen-bond donors (Lipinski definition) is 0. The van der Waals surface area contributed by atoms with Gasteiger partial charge in [0.1, 0.15) is 0 Å². The third-order valence-corrected chi connectivity index (χ3v) is 8.70. The van der Waals surface area contributed by atoms with E-state index in [4.69, 9.17) is 0 Å². The molecule has 3 atom stereocenters. The van der Waals surface area contributed by atoms with Crippen molar-refractivity contribution in [2.45, 2.75) is 43.2 Å². The van der Waals surface area contributed by atoms with Crippen molar-refractivity contribution in [3.8, 4) is 0 Å². The summed E-state index contributed by atoms with van der Waals surface area (Å²) in [4.78, 5) is 4.53. The van der Waals surface area contributed by atoms with Crippen molar-refractivity contribution in [3.63, 3.8) is 0 Å². The maximum atomic E-state index is 13.1. The Kier molecular flexibility index (Phi) is 3.94. The molecular weight excluding hydrogens is 324 g/mol. The normalized spacial score (nSPS) is 24.4. The molecule has 0 amide bonds. The lowest BCUT2D eigenvalue weighted by atomic mass is 10.2. The zero-order chi connectivity index (χ0) is 16.8. The van der Waals surface area contributed by atoms with Gasteiger partial charge in [-0.2, -0.15) is 4.31 Å². The molecule has 1 unspecified atom stereocenters. The molecule has 23 heavy (non-hydrogen) atoms. The Morgan fingerprint density at radius 1 is 1.09 bits per heavy atom. The molecule has 2 aromatic rings. The second-order valence-corrected chi connectivity index (χ2v) is 14.4. The topological polar surface area (TPSA) is 50.0 Å². The van der Waals surface area contributed by atoms with Crippen LogP contribution in [0.5, 0.6) is 0 Å². The van der Waals surface area contributed by atoms with E-state index in [2.05, 4.69) is 24.6 Å². The standard InChI is InChI=1S/C17H22N2O2SSi/c1-13-7-9-15(10-8-13)22(20,21)19-16(17(19)23(2,3)4)14-6-5-11-18-12-14/h5-12,16-17H,1-4H3/t16-,17-,19?/m1/s1. The maximum Gasteiger partial charge on any atom is 0.243 e. The van der Waals surface area contributed by atoms with Crippen molar-refractivity contribution in [2.24, 2.45) is 0 Å². The van der Waals surface area contributed by atoms with Crippen molar-refractivity contribution < 1.29 is 8.42 Å². The summed E-state index contributed by atoms with van der Waals surface area (Å²) < 4.78 is 27.8. The van der Waals surface area contributed by atoms with Crippen molar-refractivity contribution in [3.05, 3.63) is 59.9 Å². The van der Waals surface area contributed by atoms with Gasteiger partial charge in [0.05, 0.1) is 19.0 Å². The Balaban J connectivity index is 2.01. The molecule has 0 bridgehead atoms. The monoisotopic (exact) mass is 346 g/mol. The van der Waals surface area contributed by atoms with E-state index in [1.807, 2.05) is 31.2 Å². The molecule has 1 saturated heterocycles. The first-order chi connectivity index (χ1) is 10.7. The molecule has 1 aromatic heterocycles. The summed E-state index contributed by atoms with van der Waals surface area (Å²) in [7, 11) is -5.14. The minimum atomic E-state index is -3.47. The molecule has 0 N–H and O–H groups in total. The summed E-state index contributed by atoms with van der Waals surface area (Å²) in [5, 5.41) is 0. The van der Waals surface area contributed by atoms with Crippen molar-refractivity contribution in [2.75, 3.05) is 0 Å². The third kappa shape index (κ3) is 2.98. The maximum absolute atomic E-state index is 13.1. The molecule has 0 spiro atoms. The Labute approximate surface area is 139 Å². The predicted octanol–water partition coefficient (Wildman–Crippen LogP) is 3.38. The van der Waals surface area contributed by atoms with Gasteiger partial charge in [0.25, 0.3) is 0 Å². The van der Waals surface area contributed by atoms with Gasteiger partial charge in [-0.1, -0.05) is 43.4 Å². The fraction of sp³-hybridized carbons (Fsp3) is 0.353. The van der Waals surface area contributed by atoms with Crippen LogP contribution in [0.3, 0.4) is 0 Å². The Morgan fingerprint density at radius 2 is 1.74 bits per heavy atom. The van der Waals surface area contributed by atoms with Gasteiger partial charge in [0.2, 0.25) is 10.0 Å². The molecule has 6 heteroatoms. The van der Waals surface area contributed by atoms with Gasteiger partial charge >= 0.3 is 0 Å². The highest BCUT2D eigenvalue weighted by atomic mass is 32.2. The molecule has 122 valence electrons. The molecule has 1 aromatic carbocycles. The molecule has 0 aliphatic carbocycles. The van der Waals surface area contributed by atoms with E-state index in [1.165, 1.54) is 0 Å². The van der Waals surface area contributed by atoms with Gasteiger partial charge < -0.3 is 0 Å². The van der Waals surface area contributed by atoms with Crippen LogP contribution in [0.25, 0.3) is 0 Å². The van der Waals surface area contributed by atoms with Gasteiger partial charge in [-0.25, -0.2) is 8.42 Å². The van der Waals surface area contributed by atoms with Crippen molar-refractivity contribution in [1.29, 1.82) is 0 Å². The van der Waals surface area contributed by atoms with Gasteiger partial charge in [0.15, 0.2) is 0 Å². The van der Waals surface area contributed by atoms with E-state index < -0.39 is 18.1 Å². The lowest BCUT2D eigenvalue weighted by Gasteiger charge is -2.15. The van der Waals surface area contributed by atoms with Gasteiger partial charge in [0, 0.05) is 18.1 Å². The van der Waals surface area contributed by atoms with E-state index in [0.29, 0.717) is 4.90 Å². The molecule has 1 aliphatic heterocycles. The Morgan fingerprint density at radius 3 is 2.26 bits per heavy atom. The van der Waals surface area contributed by atoms with E-state index in [0.717, 1.165) is 11.1 Å². The van der Waals surface area contributed by atoms with Crippen LogP contribution < -0.4 is 0 Å². The molecule has 4 nitrogen and oxygen atoms in total. The van der Waals surface area contributed by atoms with E-state index in [1.54, 1.807) is 28.8 Å². The largest absolute Gasteiger partial charge is 0.264 e. The van der Waals surface area contributed by atoms with Gasteiger partial charge in [-0.05, 0) is 30.7 Å². The predicted molar refractivity (Wildman–Crippen MR) is 94.3 cm³/mol. The minimum absolute atomic E-state index is 0.0815. The molecular formula is C17H22N2O2SSi. The molecule has 1 fully saturated rings. The van der Waals surface area contributed by atoms with Crippen LogP contribution in [-0.2, 0) is 10.0 Å². The number of aryl methyl sites for hydroxylation is 1. The van der Waals surface area contributed by atoms with Gasteiger partial charge in [-0.15, -0.1) is 0 Å². The smallest absolute Gasteiger partial charge is 0.243 e. The van der Waals surface area contributed by atoms with Crippen LogP contribution in [0.15, 0.2) is 53.7 Å². The molecule has 1 aliphatic rings. The Bertz CT molecular complexity index is 799. The average Bonchev–Trinajstić information content (AvgIpc) is 3.25. The highest BCUT2D eigenvalue weighted by Gasteiger charge is 2.61. The second kappa shape index (κ2) is 5.54. The van der Waals surface area contributed by atoms with Crippen LogP contribution in [0.4, 0.5) is 0 Å². The fourth-order valence-electron chi connectivity index (χ4n) is 3.08. The summed E-state index contributed by atoms with van der Waals surface area (Å²) in [6.45, 7) is 8.60. The lowest BCUT2D eigenvalue weighted by Crippen LogP contribution is -2.33. The average molecular weight is 347 g/mol. The number of nitrogens with zero attached hydrogens (tertiary/aromatic N) is 2. The first kappa shape index (κ1) is 16.4. The number of sulfonamides is 1. The SMILES string of the molecule is Cc1ccc(S(=O)(=O)N2[C@H](c3cccnc3)[C@H]2[Si](C)(C)C)cc1. The summed E-state index contributed by atoms with van der Waals surface area (Å²) in [5.41, 5.74) is 2.12. The van der Waals surface area contributed by atoms with E-state index >= 15 is 0 Å². The summed E-state index contributed by atoms with van der Waals surface area (Å²) in [6.07, 6.45) is 3.50. The Hall–Kier alpha value is -1.50. The first-order valence-electron chi connectivity index (χ1n) is 7.73. The number of aromatic nitrogens is 1. The number of pyridine rings is 1. The second-order valence-electron chi connectivity index (χ2n) is 7.19. The summed E-state index contributed by atoms with van der Waals surface area (Å²) in [5.74, 6) is 0.